The van der Waals surface area contributed by atoms with Gasteiger partial charge < -0.3 is 9.84 Å². The number of carboxylic acid groups (broad SMARTS) is 1. The van der Waals surface area contributed by atoms with E-state index in [-0.39, 0.29) is 30.8 Å². The first-order valence-electron chi connectivity index (χ1n) is 5.93. The maximum absolute atomic E-state index is 12.8. The Hall–Kier alpha value is -2.05. The summed E-state index contributed by atoms with van der Waals surface area (Å²) >= 11 is 0. The first-order valence-corrected chi connectivity index (χ1v) is 5.93. The zero-order valence-electron chi connectivity index (χ0n) is 10.4. The van der Waals surface area contributed by atoms with E-state index in [0.717, 1.165) is 6.07 Å². The van der Waals surface area contributed by atoms with Crippen molar-refractivity contribution in [3.63, 3.8) is 0 Å². The van der Waals surface area contributed by atoms with E-state index in [2.05, 4.69) is 4.99 Å². The molecule has 0 saturated heterocycles. The molecule has 0 bridgehead atoms. The Labute approximate surface area is 112 Å². The van der Waals surface area contributed by atoms with E-state index in [4.69, 9.17) is 9.84 Å². The zero-order valence-corrected chi connectivity index (χ0v) is 10.4. The van der Waals surface area contributed by atoms with Crippen LogP contribution in [0.1, 0.15) is 17.5 Å². The minimum Gasteiger partial charge on any atom is -0.481 e. The summed E-state index contributed by atoms with van der Waals surface area (Å²) in [4.78, 5) is 14.4. The summed E-state index contributed by atoms with van der Waals surface area (Å²) in [5.41, 5.74) is -0.577. The van der Waals surface area contributed by atoms with Gasteiger partial charge in [0.15, 0.2) is 5.90 Å². The fraction of sp³-hybridized carbons (Fsp3) is 0.385. The molecule has 0 aromatic heterocycles. The van der Waals surface area contributed by atoms with Crippen molar-refractivity contribution in [2.75, 3.05) is 6.54 Å². The Bertz CT molecular complexity index is 540. The molecule has 0 radical (unpaired) electrons. The number of nitrogens with zero attached hydrogens (tertiary/aromatic N) is 1. The van der Waals surface area contributed by atoms with Crippen molar-refractivity contribution in [1.29, 1.82) is 0 Å². The number of carbonyl (C=O) groups is 1. The molecule has 0 saturated carbocycles. The van der Waals surface area contributed by atoms with E-state index in [1.165, 1.54) is 18.2 Å². The number of rotatable bonds is 4. The number of alkyl halides is 3. The van der Waals surface area contributed by atoms with Gasteiger partial charge in [0.1, 0.15) is 12.5 Å². The number of aliphatic carboxylic acids is 1. The van der Waals surface area contributed by atoms with Gasteiger partial charge in [-0.1, -0.05) is 18.2 Å². The standard InChI is InChI=1S/C13H12F3NO3/c14-13(15,16)10-4-2-1-3-8(10)5-9-7-17-11(20-9)6-12(18)19/h1-4,9H,5-7H2,(H,18,19). The molecule has 1 aliphatic heterocycles. The highest BCUT2D eigenvalue weighted by Gasteiger charge is 2.34. The number of aliphatic imine (C=N–C) groups is 1. The van der Waals surface area contributed by atoms with Crippen LogP contribution in [0.3, 0.4) is 0 Å². The maximum Gasteiger partial charge on any atom is 0.416 e. The lowest BCUT2D eigenvalue weighted by Gasteiger charge is -2.15. The number of halogens is 3. The van der Waals surface area contributed by atoms with Gasteiger partial charge in [-0.2, -0.15) is 13.2 Å². The Morgan fingerprint density at radius 1 is 1.40 bits per heavy atom. The summed E-state index contributed by atoms with van der Waals surface area (Å²) < 4.78 is 43.7. The SMILES string of the molecule is O=C(O)CC1=NCC(Cc2ccccc2C(F)(F)F)O1. The quantitative estimate of drug-likeness (QED) is 0.925. The normalized spacial score (nSPS) is 18.6. The van der Waals surface area contributed by atoms with Crippen molar-refractivity contribution < 1.29 is 27.8 Å². The fourth-order valence-electron chi connectivity index (χ4n) is 2.02. The maximum atomic E-state index is 12.8. The van der Waals surface area contributed by atoms with Crippen LogP contribution in [0.5, 0.6) is 0 Å². The second-order valence-electron chi connectivity index (χ2n) is 4.40. The van der Waals surface area contributed by atoms with Crippen molar-refractivity contribution in [3.05, 3.63) is 35.4 Å². The van der Waals surface area contributed by atoms with Crippen molar-refractivity contribution >= 4 is 11.9 Å². The number of benzene rings is 1. The molecule has 0 amide bonds. The third-order valence-electron chi connectivity index (χ3n) is 2.85. The van der Waals surface area contributed by atoms with E-state index >= 15 is 0 Å². The monoisotopic (exact) mass is 287 g/mol. The molecule has 1 aromatic rings. The van der Waals surface area contributed by atoms with Crippen molar-refractivity contribution in [3.8, 4) is 0 Å². The van der Waals surface area contributed by atoms with Crippen LogP contribution < -0.4 is 0 Å². The van der Waals surface area contributed by atoms with Crippen LogP contribution in [0.15, 0.2) is 29.3 Å². The molecule has 0 fully saturated rings. The lowest BCUT2D eigenvalue weighted by Crippen LogP contribution is -2.20. The van der Waals surface area contributed by atoms with Crippen LogP contribution in [-0.4, -0.2) is 29.6 Å². The van der Waals surface area contributed by atoms with E-state index in [1.807, 2.05) is 0 Å². The number of hydrogen-bond donors (Lipinski definition) is 1. The smallest absolute Gasteiger partial charge is 0.416 e. The number of carboxylic acids is 1. The topological polar surface area (TPSA) is 58.9 Å². The van der Waals surface area contributed by atoms with Gasteiger partial charge in [0.25, 0.3) is 0 Å². The van der Waals surface area contributed by atoms with Crippen LogP contribution in [-0.2, 0) is 22.1 Å². The van der Waals surface area contributed by atoms with Crippen LogP contribution in [0.4, 0.5) is 13.2 Å². The number of ether oxygens (including phenoxy) is 1. The Balaban J connectivity index is 2.04. The molecule has 1 aromatic carbocycles. The van der Waals surface area contributed by atoms with Crippen molar-refractivity contribution in [2.45, 2.75) is 25.1 Å². The molecule has 0 spiro atoms. The van der Waals surface area contributed by atoms with Gasteiger partial charge in [-0.05, 0) is 11.6 Å². The number of hydrogen-bond acceptors (Lipinski definition) is 3. The second-order valence-corrected chi connectivity index (χ2v) is 4.40. The van der Waals surface area contributed by atoms with Crippen molar-refractivity contribution in [1.82, 2.24) is 0 Å². The average molecular weight is 287 g/mol. The zero-order chi connectivity index (χ0) is 14.8. The fourth-order valence-corrected chi connectivity index (χ4v) is 2.02. The van der Waals surface area contributed by atoms with Crippen LogP contribution in [0.2, 0.25) is 0 Å². The van der Waals surface area contributed by atoms with E-state index in [9.17, 15) is 18.0 Å². The van der Waals surface area contributed by atoms with E-state index in [0.29, 0.717) is 0 Å². The van der Waals surface area contributed by atoms with E-state index < -0.39 is 23.8 Å². The molecule has 2 rings (SSSR count). The molecule has 108 valence electrons. The predicted molar refractivity (Wildman–Crippen MR) is 64.6 cm³/mol. The molecule has 0 aliphatic carbocycles. The first-order chi connectivity index (χ1) is 9.36. The predicted octanol–water partition coefficient (Wildman–Crippen LogP) is 2.52. The van der Waals surface area contributed by atoms with Gasteiger partial charge in [0.05, 0.1) is 12.1 Å². The highest BCUT2D eigenvalue weighted by molar-refractivity contribution is 5.94. The summed E-state index contributed by atoms with van der Waals surface area (Å²) in [6.45, 7) is 0.175. The van der Waals surface area contributed by atoms with Gasteiger partial charge >= 0.3 is 12.1 Å². The Kier molecular flexibility index (Phi) is 3.96. The molecule has 1 unspecified atom stereocenters. The lowest BCUT2D eigenvalue weighted by atomic mass is 10.0. The van der Waals surface area contributed by atoms with Gasteiger partial charge in [0, 0.05) is 6.42 Å². The molecular formula is C13H12F3NO3. The minimum atomic E-state index is -4.42. The summed E-state index contributed by atoms with van der Waals surface area (Å²) in [7, 11) is 0. The lowest BCUT2D eigenvalue weighted by molar-refractivity contribution is -0.138. The molecule has 1 N–H and O–H groups in total. The summed E-state index contributed by atoms with van der Waals surface area (Å²) in [5.74, 6) is -1.02. The average Bonchev–Trinajstić information content (AvgIpc) is 2.75. The molecule has 4 nitrogen and oxygen atoms in total. The Morgan fingerprint density at radius 3 is 2.75 bits per heavy atom. The minimum absolute atomic E-state index is 0.0440. The molecule has 7 heteroatoms. The third-order valence-corrected chi connectivity index (χ3v) is 2.85. The highest BCUT2D eigenvalue weighted by atomic mass is 19.4. The Morgan fingerprint density at radius 2 is 2.10 bits per heavy atom. The van der Waals surface area contributed by atoms with Gasteiger partial charge in [-0.3, -0.25) is 9.79 Å². The van der Waals surface area contributed by atoms with Gasteiger partial charge in [-0.25, -0.2) is 0 Å². The van der Waals surface area contributed by atoms with Crippen molar-refractivity contribution in [2.24, 2.45) is 4.99 Å². The molecule has 20 heavy (non-hydrogen) atoms. The van der Waals surface area contributed by atoms with Crippen LogP contribution in [0, 0.1) is 0 Å². The summed E-state index contributed by atoms with van der Waals surface area (Å²) in [6.07, 6.45) is -5.27. The first kappa shape index (κ1) is 14.4. The van der Waals surface area contributed by atoms with Gasteiger partial charge in [-0.15, -0.1) is 0 Å². The third kappa shape index (κ3) is 3.49. The molecule has 1 heterocycles. The van der Waals surface area contributed by atoms with E-state index in [1.54, 1.807) is 0 Å². The van der Waals surface area contributed by atoms with Crippen LogP contribution >= 0.6 is 0 Å². The summed E-state index contributed by atoms with van der Waals surface area (Å²) in [5, 5.41) is 8.59. The van der Waals surface area contributed by atoms with Crippen LogP contribution in [0.25, 0.3) is 0 Å². The summed E-state index contributed by atoms with van der Waals surface area (Å²) in [6, 6.07) is 5.26. The highest BCUT2D eigenvalue weighted by Crippen LogP contribution is 2.32. The molecular weight excluding hydrogens is 275 g/mol. The second kappa shape index (κ2) is 5.52. The molecule has 1 aliphatic rings. The largest absolute Gasteiger partial charge is 0.481 e. The molecule has 1 atom stereocenters. The van der Waals surface area contributed by atoms with Gasteiger partial charge in [0.2, 0.25) is 0 Å².